The number of hydrogen-bond donors (Lipinski definition) is 3. The Morgan fingerprint density at radius 1 is 0.645 bits per heavy atom. The molecule has 4 N–H and O–H groups in total. The Hall–Kier alpha value is -3.56. The van der Waals surface area contributed by atoms with E-state index in [1.54, 1.807) is 0 Å². The third kappa shape index (κ3) is 2.70. The average molecular weight is 405 g/mol. The summed E-state index contributed by atoms with van der Waals surface area (Å²) in [5.74, 6) is -0.161. The summed E-state index contributed by atoms with van der Waals surface area (Å²) in [6.45, 7) is 0. The quantitative estimate of drug-likeness (QED) is 0.245. The van der Waals surface area contributed by atoms with Crippen molar-refractivity contribution in [2.45, 2.75) is 24.8 Å². The van der Waals surface area contributed by atoms with Crippen LogP contribution in [0.1, 0.15) is 22.6 Å². The fourth-order valence-electron chi connectivity index (χ4n) is 5.36. The van der Waals surface area contributed by atoms with Gasteiger partial charge in [-0.15, -0.1) is 0 Å². The van der Waals surface area contributed by atoms with Crippen LogP contribution in [0.25, 0.3) is 32.3 Å². The monoisotopic (exact) mass is 405 g/mol. The third-order valence-electron chi connectivity index (χ3n) is 6.96. The van der Waals surface area contributed by atoms with Gasteiger partial charge in [-0.2, -0.15) is 0 Å². The summed E-state index contributed by atoms with van der Waals surface area (Å²) in [5, 5.41) is 28.0. The molecule has 0 amide bonds. The van der Waals surface area contributed by atoms with E-state index in [1.807, 2.05) is 30.3 Å². The Balaban J connectivity index is 1.50. The van der Waals surface area contributed by atoms with Gasteiger partial charge in [0.1, 0.15) is 0 Å². The molecular weight excluding hydrogens is 382 g/mol. The van der Waals surface area contributed by atoms with E-state index in [1.165, 1.54) is 32.7 Å². The molecule has 1 aliphatic rings. The van der Waals surface area contributed by atoms with Gasteiger partial charge < -0.3 is 15.9 Å². The molecule has 0 aromatic heterocycles. The second-order valence-corrected chi connectivity index (χ2v) is 8.65. The standard InChI is InChI=1S/C28H23NO2/c29-26-15-23-18(10-12-21-19-7-3-1-5-16(19)9-11-22(21)23)13-24(26)25-14-17-6-2-4-8-20(17)27(30)28(25)31/h1-12,14,24,26,30-31H,13,15,29H2. The zero-order valence-corrected chi connectivity index (χ0v) is 17.0. The van der Waals surface area contributed by atoms with E-state index in [-0.39, 0.29) is 23.5 Å². The van der Waals surface area contributed by atoms with Gasteiger partial charge in [0, 0.05) is 22.9 Å². The maximum Gasteiger partial charge on any atom is 0.165 e. The third-order valence-corrected chi connectivity index (χ3v) is 6.96. The van der Waals surface area contributed by atoms with Gasteiger partial charge in [-0.1, -0.05) is 72.8 Å². The van der Waals surface area contributed by atoms with Gasteiger partial charge in [0.05, 0.1) is 0 Å². The number of fused-ring (bicyclic) bond motifs is 6. The van der Waals surface area contributed by atoms with Crippen molar-refractivity contribution >= 4 is 32.3 Å². The minimum Gasteiger partial charge on any atom is -0.504 e. The van der Waals surface area contributed by atoms with Gasteiger partial charge in [-0.05, 0) is 57.0 Å². The lowest BCUT2D eigenvalue weighted by atomic mass is 9.75. The zero-order chi connectivity index (χ0) is 21.1. The van der Waals surface area contributed by atoms with Crippen molar-refractivity contribution in [2.75, 3.05) is 0 Å². The number of rotatable bonds is 1. The van der Waals surface area contributed by atoms with Gasteiger partial charge in [0.15, 0.2) is 11.5 Å². The van der Waals surface area contributed by atoms with E-state index in [0.717, 1.165) is 23.8 Å². The number of nitrogens with two attached hydrogens (primary N) is 1. The largest absolute Gasteiger partial charge is 0.504 e. The van der Waals surface area contributed by atoms with Crippen molar-refractivity contribution in [1.82, 2.24) is 0 Å². The number of hydrogen-bond acceptors (Lipinski definition) is 3. The van der Waals surface area contributed by atoms with Crippen molar-refractivity contribution < 1.29 is 10.2 Å². The second kappa shape index (κ2) is 6.73. The van der Waals surface area contributed by atoms with Crippen molar-refractivity contribution in [1.29, 1.82) is 0 Å². The molecule has 0 saturated carbocycles. The van der Waals surface area contributed by atoms with Crippen molar-refractivity contribution in [3.63, 3.8) is 0 Å². The van der Waals surface area contributed by atoms with Gasteiger partial charge in [-0.3, -0.25) is 0 Å². The first-order valence-electron chi connectivity index (χ1n) is 10.7. The molecule has 0 radical (unpaired) electrons. The highest BCUT2D eigenvalue weighted by atomic mass is 16.3. The Morgan fingerprint density at radius 3 is 2.19 bits per heavy atom. The van der Waals surface area contributed by atoms with Crippen LogP contribution in [-0.2, 0) is 12.8 Å². The molecule has 2 unspecified atom stereocenters. The predicted molar refractivity (Wildman–Crippen MR) is 127 cm³/mol. The molecule has 3 heteroatoms. The van der Waals surface area contributed by atoms with E-state index in [4.69, 9.17) is 5.73 Å². The molecule has 0 saturated heterocycles. The molecule has 3 nitrogen and oxygen atoms in total. The maximum absolute atomic E-state index is 10.8. The molecule has 6 rings (SSSR count). The molecule has 0 aliphatic heterocycles. The summed E-state index contributed by atoms with van der Waals surface area (Å²) in [6.07, 6.45) is 1.48. The molecule has 1 aliphatic carbocycles. The summed E-state index contributed by atoms with van der Waals surface area (Å²) in [5.41, 5.74) is 10.00. The van der Waals surface area contributed by atoms with Crippen molar-refractivity contribution in [3.8, 4) is 11.5 Å². The van der Waals surface area contributed by atoms with Crippen LogP contribution >= 0.6 is 0 Å². The fourth-order valence-corrected chi connectivity index (χ4v) is 5.36. The zero-order valence-electron chi connectivity index (χ0n) is 17.0. The molecule has 5 aromatic carbocycles. The van der Waals surface area contributed by atoms with Crippen LogP contribution in [0, 0.1) is 0 Å². The minimum atomic E-state index is -0.143. The highest BCUT2D eigenvalue weighted by Gasteiger charge is 2.31. The Morgan fingerprint density at radius 2 is 1.35 bits per heavy atom. The van der Waals surface area contributed by atoms with Gasteiger partial charge in [0.25, 0.3) is 0 Å². The maximum atomic E-state index is 10.8. The molecule has 0 fully saturated rings. The molecular formula is C28H23NO2. The molecule has 0 bridgehead atoms. The number of phenolic OH excluding ortho intramolecular Hbond substituents is 2. The Bertz CT molecular complexity index is 1490. The lowest BCUT2D eigenvalue weighted by molar-refractivity contribution is 0.392. The van der Waals surface area contributed by atoms with E-state index in [2.05, 4.69) is 48.5 Å². The smallest absolute Gasteiger partial charge is 0.165 e. The first-order chi connectivity index (χ1) is 15.1. The van der Waals surface area contributed by atoms with Crippen LogP contribution in [0.4, 0.5) is 0 Å². The fraction of sp³-hybridized carbons (Fsp3) is 0.143. The molecule has 0 spiro atoms. The first kappa shape index (κ1) is 18.2. The van der Waals surface area contributed by atoms with Crippen LogP contribution < -0.4 is 5.73 Å². The molecule has 152 valence electrons. The lowest BCUT2D eigenvalue weighted by Gasteiger charge is -2.32. The molecule has 5 aromatic rings. The molecule has 31 heavy (non-hydrogen) atoms. The topological polar surface area (TPSA) is 66.5 Å². The highest BCUT2D eigenvalue weighted by molar-refractivity contribution is 6.08. The summed E-state index contributed by atoms with van der Waals surface area (Å²) in [4.78, 5) is 0. The number of phenols is 2. The highest BCUT2D eigenvalue weighted by Crippen LogP contribution is 2.45. The summed E-state index contributed by atoms with van der Waals surface area (Å²) in [7, 11) is 0. The van der Waals surface area contributed by atoms with Gasteiger partial charge in [0.2, 0.25) is 0 Å². The average Bonchev–Trinajstić information content (AvgIpc) is 2.81. The second-order valence-electron chi connectivity index (χ2n) is 8.65. The van der Waals surface area contributed by atoms with Gasteiger partial charge >= 0.3 is 0 Å². The first-order valence-corrected chi connectivity index (χ1v) is 10.7. The molecule has 2 atom stereocenters. The summed E-state index contributed by atoms with van der Waals surface area (Å²) < 4.78 is 0. The van der Waals surface area contributed by atoms with Crippen LogP contribution in [0.15, 0.2) is 78.9 Å². The Labute approximate surface area is 180 Å². The van der Waals surface area contributed by atoms with Crippen LogP contribution in [0.5, 0.6) is 11.5 Å². The summed E-state index contributed by atoms with van der Waals surface area (Å²) >= 11 is 0. The van der Waals surface area contributed by atoms with Gasteiger partial charge in [-0.25, -0.2) is 0 Å². The minimum absolute atomic E-state index is 0.0469. The lowest BCUT2D eigenvalue weighted by Crippen LogP contribution is -2.36. The van der Waals surface area contributed by atoms with Crippen LogP contribution in [-0.4, -0.2) is 16.3 Å². The van der Waals surface area contributed by atoms with Crippen molar-refractivity contribution in [3.05, 3.63) is 95.6 Å². The van der Waals surface area contributed by atoms with Crippen LogP contribution in [0.3, 0.4) is 0 Å². The summed E-state index contributed by atoms with van der Waals surface area (Å²) in [6, 6.07) is 26.7. The van der Waals surface area contributed by atoms with E-state index < -0.39 is 0 Å². The van der Waals surface area contributed by atoms with E-state index >= 15 is 0 Å². The predicted octanol–water partition coefficient (Wildman–Crippen LogP) is 5.77. The number of benzene rings is 5. The van der Waals surface area contributed by atoms with Crippen LogP contribution in [0.2, 0.25) is 0 Å². The SMILES string of the molecule is NC1Cc2c(ccc3c2ccc2ccccc23)CC1c1cc2ccccc2c(O)c1O. The van der Waals surface area contributed by atoms with E-state index in [9.17, 15) is 10.2 Å². The van der Waals surface area contributed by atoms with E-state index in [0.29, 0.717) is 5.39 Å². The Kier molecular flexibility index (Phi) is 3.95. The molecule has 0 heterocycles. The number of aromatic hydroxyl groups is 2. The van der Waals surface area contributed by atoms with Crippen molar-refractivity contribution in [2.24, 2.45) is 5.73 Å². The normalized spacial score (nSPS) is 18.5.